The van der Waals surface area contributed by atoms with Gasteiger partial charge in [-0.15, -0.1) is 24.0 Å². The maximum atomic E-state index is 6.03. The number of rotatable bonds is 8. The summed E-state index contributed by atoms with van der Waals surface area (Å²) in [5.74, 6) is 2.64. The van der Waals surface area contributed by atoms with Gasteiger partial charge < -0.3 is 25.4 Å². The minimum Gasteiger partial charge on any atom is -0.493 e. The van der Waals surface area contributed by atoms with E-state index in [-0.39, 0.29) is 24.0 Å². The van der Waals surface area contributed by atoms with E-state index in [1.165, 1.54) is 24.9 Å². The first-order valence-corrected chi connectivity index (χ1v) is 9.52. The second kappa shape index (κ2) is 12.3. The molecule has 0 spiro atoms. The molecule has 0 amide bonds. The Morgan fingerprint density at radius 2 is 2.04 bits per heavy atom. The quantitative estimate of drug-likeness (QED) is 0.333. The Balaban J connectivity index is 0.00000364. The van der Waals surface area contributed by atoms with Gasteiger partial charge in [0.25, 0.3) is 0 Å². The third kappa shape index (κ3) is 7.73. The van der Waals surface area contributed by atoms with Crippen LogP contribution in [-0.4, -0.2) is 57.3 Å². The van der Waals surface area contributed by atoms with Gasteiger partial charge in [0, 0.05) is 25.7 Å². The summed E-state index contributed by atoms with van der Waals surface area (Å²) in [4.78, 5) is 7.08. The van der Waals surface area contributed by atoms with Crippen LogP contribution < -0.4 is 20.5 Å². The molecule has 1 aliphatic heterocycles. The number of nitrogens with one attached hydrogen (secondary N) is 1. The summed E-state index contributed by atoms with van der Waals surface area (Å²) in [7, 11) is 3.29. The van der Waals surface area contributed by atoms with Crippen LogP contribution in [0.15, 0.2) is 23.2 Å². The molecule has 3 N–H and O–H groups in total. The fraction of sp³-hybridized carbons (Fsp3) is 0.650. The number of aliphatic imine (C=N–C) groups is 1. The highest BCUT2D eigenvalue weighted by Gasteiger charge is 2.21. The van der Waals surface area contributed by atoms with Crippen LogP contribution in [0.3, 0.4) is 0 Å². The molecule has 27 heavy (non-hydrogen) atoms. The van der Waals surface area contributed by atoms with Crippen LogP contribution in [0.1, 0.15) is 32.3 Å². The van der Waals surface area contributed by atoms with E-state index in [0.717, 1.165) is 37.6 Å². The molecule has 0 aliphatic carbocycles. The second-order valence-electron chi connectivity index (χ2n) is 7.19. The van der Waals surface area contributed by atoms with Crippen molar-refractivity contribution >= 4 is 29.9 Å². The largest absolute Gasteiger partial charge is 0.493 e. The van der Waals surface area contributed by atoms with E-state index in [1.54, 1.807) is 14.2 Å². The lowest BCUT2D eigenvalue weighted by Gasteiger charge is -2.34. The van der Waals surface area contributed by atoms with E-state index >= 15 is 0 Å². The number of halogens is 1. The van der Waals surface area contributed by atoms with Crippen molar-refractivity contribution in [3.05, 3.63) is 23.8 Å². The lowest BCUT2D eigenvalue weighted by Crippen LogP contribution is -2.41. The molecule has 0 aromatic heterocycles. The Hall–Kier alpha value is -1.22. The number of nitrogens with zero attached hydrogens (tertiary/aromatic N) is 2. The topological polar surface area (TPSA) is 72.1 Å². The van der Waals surface area contributed by atoms with Gasteiger partial charge in [-0.3, -0.25) is 4.99 Å². The zero-order valence-corrected chi connectivity index (χ0v) is 19.4. The molecule has 1 aromatic rings. The second-order valence-corrected chi connectivity index (χ2v) is 7.19. The number of hydrogen-bond acceptors (Lipinski definition) is 4. The molecule has 154 valence electrons. The number of nitrogens with two attached hydrogens (primary N) is 1. The van der Waals surface area contributed by atoms with Gasteiger partial charge >= 0.3 is 0 Å². The molecule has 6 nitrogen and oxygen atoms in total. The van der Waals surface area contributed by atoms with Gasteiger partial charge in [-0.25, -0.2) is 0 Å². The summed E-state index contributed by atoms with van der Waals surface area (Å²) in [6, 6.07) is 6.57. The predicted molar refractivity (Wildman–Crippen MR) is 123 cm³/mol. The molecular formula is C20H35IN4O2. The normalized spacial score (nSPS) is 18.1. The van der Waals surface area contributed by atoms with Gasteiger partial charge in [0.2, 0.25) is 0 Å². The summed E-state index contributed by atoms with van der Waals surface area (Å²) in [6.45, 7) is 8.40. The van der Waals surface area contributed by atoms with Crippen molar-refractivity contribution in [2.45, 2.75) is 39.2 Å². The predicted octanol–water partition coefficient (Wildman–Crippen LogP) is 2.89. The van der Waals surface area contributed by atoms with Crippen LogP contribution in [0.25, 0.3) is 0 Å². The van der Waals surface area contributed by atoms with E-state index < -0.39 is 0 Å². The van der Waals surface area contributed by atoms with Crippen molar-refractivity contribution in [3.8, 4) is 11.5 Å². The number of methoxy groups -OCH3 is 2. The maximum absolute atomic E-state index is 6.03. The Morgan fingerprint density at radius 1 is 1.30 bits per heavy atom. The molecule has 1 heterocycles. The first-order valence-electron chi connectivity index (χ1n) is 9.52. The van der Waals surface area contributed by atoms with Gasteiger partial charge in [0.05, 0.1) is 14.2 Å². The van der Waals surface area contributed by atoms with Crippen LogP contribution in [-0.2, 0) is 6.42 Å². The third-order valence-electron chi connectivity index (χ3n) is 4.97. The van der Waals surface area contributed by atoms with E-state index in [1.807, 2.05) is 18.2 Å². The summed E-state index contributed by atoms with van der Waals surface area (Å²) < 4.78 is 10.6. The average molecular weight is 490 g/mol. The first-order chi connectivity index (χ1) is 12.5. The zero-order valence-electron chi connectivity index (χ0n) is 17.0. The molecule has 1 atom stereocenters. The van der Waals surface area contributed by atoms with Crippen LogP contribution in [0.5, 0.6) is 11.5 Å². The van der Waals surface area contributed by atoms with E-state index in [0.29, 0.717) is 17.9 Å². The Labute approximate surface area is 180 Å². The van der Waals surface area contributed by atoms with E-state index in [9.17, 15) is 0 Å². The molecule has 0 bridgehead atoms. The molecule has 1 aromatic carbocycles. The van der Waals surface area contributed by atoms with E-state index in [2.05, 4.69) is 29.1 Å². The van der Waals surface area contributed by atoms with Crippen molar-refractivity contribution in [1.82, 2.24) is 10.2 Å². The van der Waals surface area contributed by atoms with Gasteiger partial charge in [0.1, 0.15) is 0 Å². The number of likely N-dealkylation sites (tertiary alicyclic amines) is 1. The monoisotopic (exact) mass is 490 g/mol. The highest BCUT2D eigenvalue weighted by molar-refractivity contribution is 14.0. The number of guanidine groups is 1. The van der Waals surface area contributed by atoms with Crippen molar-refractivity contribution in [2.75, 3.05) is 40.4 Å². The zero-order chi connectivity index (χ0) is 18.9. The molecule has 1 aliphatic rings. The SMILES string of the molecule is COc1ccc(CCNC(N)=NCC2CCCN(C(C)C)C2)cc1OC.I. The molecule has 1 unspecified atom stereocenters. The lowest BCUT2D eigenvalue weighted by molar-refractivity contribution is 0.143. The fourth-order valence-corrected chi connectivity index (χ4v) is 3.37. The molecule has 7 heteroatoms. The van der Waals surface area contributed by atoms with Crippen molar-refractivity contribution < 1.29 is 9.47 Å². The van der Waals surface area contributed by atoms with Gasteiger partial charge in [-0.1, -0.05) is 6.07 Å². The third-order valence-corrected chi connectivity index (χ3v) is 4.97. The van der Waals surface area contributed by atoms with Gasteiger partial charge in [-0.05, 0) is 63.3 Å². The maximum Gasteiger partial charge on any atom is 0.188 e. The first kappa shape index (κ1) is 23.8. The number of piperidine rings is 1. The average Bonchev–Trinajstić information content (AvgIpc) is 2.66. The Bertz CT molecular complexity index is 595. The Kier molecular flexibility index (Phi) is 10.8. The summed E-state index contributed by atoms with van der Waals surface area (Å²) in [5.41, 5.74) is 7.20. The molecule has 0 radical (unpaired) electrons. The summed E-state index contributed by atoms with van der Waals surface area (Å²) in [6.07, 6.45) is 3.35. The molecule has 0 saturated carbocycles. The van der Waals surface area contributed by atoms with Crippen molar-refractivity contribution in [3.63, 3.8) is 0 Å². The molecule has 1 saturated heterocycles. The van der Waals surface area contributed by atoms with Crippen LogP contribution in [0.2, 0.25) is 0 Å². The van der Waals surface area contributed by atoms with Crippen LogP contribution >= 0.6 is 24.0 Å². The minimum absolute atomic E-state index is 0. The highest BCUT2D eigenvalue weighted by Crippen LogP contribution is 2.27. The molecule has 1 fully saturated rings. The lowest BCUT2D eigenvalue weighted by atomic mass is 9.97. The highest BCUT2D eigenvalue weighted by atomic mass is 127. The number of hydrogen-bond donors (Lipinski definition) is 2. The van der Waals surface area contributed by atoms with Gasteiger partial charge in [0.15, 0.2) is 17.5 Å². The molecular weight excluding hydrogens is 455 g/mol. The molecule has 2 rings (SSSR count). The van der Waals surface area contributed by atoms with Crippen LogP contribution in [0.4, 0.5) is 0 Å². The van der Waals surface area contributed by atoms with Crippen LogP contribution in [0, 0.1) is 5.92 Å². The smallest absolute Gasteiger partial charge is 0.188 e. The number of benzene rings is 1. The minimum atomic E-state index is 0. The summed E-state index contributed by atoms with van der Waals surface area (Å²) >= 11 is 0. The van der Waals surface area contributed by atoms with Crippen molar-refractivity contribution in [2.24, 2.45) is 16.6 Å². The fourth-order valence-electron chi connectivity index (χ4n) is 3.37. The summed E-state index contributed by atoms with van der Waals surface area (Å²) in [5, 5.41) is 3.21. The number of ether oxygens (including phenoxy) is 2. The van der Waals surface area contributed by atoms with Crippen molar-refractivity contribution in [1.29, 1.82) is 0 Å². The van der Waals surface area contributed by atoms with Gasteiger partial charge in [-0.2, -0.15) is 0 Å². The Morgan fingerprint density at radius 3 is 2.70 bits per heavy atom. The standard InChI is InChI=1S/C20H34N4O2.HI/c1-15(2)24-11-5-6-17(14-24)13-23-20(21)22-10-9-16-7-8-18(25-3)19(12-16)26-4;/h7-8,12,15,17H,5-6,9-11,13-14H2,1-4H3,(H3,21,22,23);1H. The van der Waals surface area contributed by atoms with E-state index in [4.69, 9.17) is 15.2 Å².